The highest BCUT2D eigenvalue weighted by Crippen LogP contribution is 2.17. The zero-order valence-corrected chi connectivity index (χ0v) is 47.5. The lowest BCUT2D eigenvalue weighted by Gasteiger charge is -2.18. The fourth-order valence-corrected chi connectivity index (χ4v) is 9.09. The van der Waals surface area contributed by atoms with E-state index in [9.17, 15) is 14.4 Å². The van der Waals surface area contributed by atoms with Crippen LogP contribution in [0.4, 0.5) is 0 Å². The first-order chi connectivity index (χ1) is 35.0. The van der Waals surface area contributed by atoms with Crippen LogP contribution in [0.15, 0.2) is 48.6 Å². The number of carbonyl (C=O) groups excluding carboxylic acids is 3. The summed E-state index contributed by atoms with van der Waals surface area (Å²) in [5.41, 5.74) is 0. The Balaban J connectivity index is 4.32. The van der Waals surface area contributed by atoms with Gasteiger partial charge in [0.25, 0.3) is 0 Å². The first-order valence-electron chi connectivity index (χ1n) is 31.1. The van der Waals surface area contributed by atoms with Crippen molar-refractivity contribution in [1.29, 1.82) is 0 Å². The van der Waals surface area contributed by atoms with Crippen molar-refractivity contribution in [2.75, 3.05) is 13.2 Å². The van der Waals surface area contributed by atoms with Gasteiger partial charge >= 0.3 is 17.9 Å². The van der Waals surface area contributed by atoms with E-state index in [0.717, 1.165) is 70.6 Å². The molecule has 1 atom stereocenters. The van der Waals surface area contributed by atoms with Crippen molar-refractivity contribution in [3.05, 3.63) is 48.6 Å². The predicted molar refractivity (Wildman–Crippen MR) is 307 cm³/mol. The molecule has 0 aliphatic heterocycles. The number of unbranched alkanes of at least 4 members (excludes halogenated alkanes) is 38. The molecule has 0 bridgehead atoms. The third-order valence-electron chi connectivity index (χ3n) is 13.8. The standard InChI is InChI=1S/C65H118O6/c1-4-7-10-13-16-19-22-25-27-29-31-32-34-35-37-40-43-46-49-52-55-58-64(67)70-61-62(60-69-63(66)57-54-51-48-45-42-39-24-21-18-15-12-9-6-3)71-65(68)59-56-53-50-47-44-41-38-36-33-30-28-26-23-20-17-14-11-8-5-2/h17,20,22,25-26,28-29,31,62H,4-16,18-19,21,23-24,27,30,32-61H2,1-3H3/b20-17-,25-22-,28-26-,31-29-. The summed E-state index contributed by atoms with van der Waals surface area (Å²) >= 11 is 0. The third kappa shape index (κ3) is 58.1. The first kappa shape index (κ1) is 68.4. The molecule has 0 aliphatic rings. The normalized spacial score (nSPS) is 12.3. The minimum absolute atomic E-state index is 0.0726. The zero-order valence-electron chi connectivity index (χ0n) is 47.5. The van der Waals surface area contributed by atoms with Gasteiger partial charge in [0.15, 0.2) is 6.10 Å². The van der Waals surface area contributed by atoms with E-state index in [4.69, 9.17) is 14.2 Å². The fourth-order valence-electron chi connectivity index (χ4n) is 9.09. The summed E-state index contributed by atoms with van der Waals surface area (Å²) < 4.78 is 16.9. The molecule has 0 N–H and O–H groups in total. The van der Waals surface area contributed by atoms with E-state index in [1.165, 1.54) is 218 Å². The Morgan fingerprint density at radius 2 is 0.507 bits per heavy atom. The van der Waals surface area contributed by atoms with Crippen LogP contribution in [-0.2, 0) is 28.6 Å². The molecule has 1 unspecified atom stereocenters. The topological polar surface area (TPSA) is 78.9 Å². The largest absolute Gasteiger partial charge is 0.462 e. The Bertz CT molecular complexity index is 1230. The van der Waals surface area contributed by atoms with Crippen molar-refractivity contribution >= 4 is 17.9 Å². The second-order valence-electron chi connectivity index (χ2n) is 21.0. The second kappa shape index (κ2) is 59.9. The fraction of sp³-hybridized carbons (Fsp3) is 0.831. The van der Waals surface area contributed by atoms with Crippen LogP contribution in [0.1, 0.15) is 329 Å². The monoisotopic (exact) mass is 995 g/mol. The van der Waals surface area contributed by atoms with Crippen molar-refractivity contribution in [2.45, 2.75) is 335 Å². The molecule has 0 aromatic rings. The molecular formula is C65H118O6. The molecule has 0 aromatic heterocycles. The smallest absolute Gasteiger partial charge is 0.306 e. The summed E-state index contributed by atoms with van der Waals surface area (Å²) in [5.74, 6) is -0.863. The third-order valence-corrected chi connectivity index (χ3v) is 13.8. The molecule has 0 rings (SSSR count). The van der Waals surface area contributed by atoms with Crippen LogP contribution in [0.2, 0.25) is 0 Å². The Labute approximate surface area is 441 Å². The lowest BCUT2D eigenvalue weighted by atomic mass is 10.0. The van der Waals surface area contributed by atoms with Gasteiger partial charge in [-0.15, -0.1) is 0 Å². The molecule has 0 saturated heterocycles. The van der Waals surface area contributed by atoms with Gasteiger partial charge in [0.2, 0.25) is 0 Å². The summed E-state index contributed by atoms with van der Waals surface area (Å²) in [7, 11) is 0. The van der Waals surface area contributed by atoms with E-state index < -0.39 is 6.10 Å². The van der Waals surface area contributed by atoms with Crippen LogP contribution in [0, 0.1) is 0 Å². The van der Waals surface area contributed by atoms with Gasteiger partial charge in [-0.3, -0.25) is 14.4 Å². The summed E-state index contributed by atoms with van der Waals surface area (Å²) in [6.45, 7) is 6.64. The van der Waals surface area contributed by atoms with Crippen molar-refractivity contribution in [2.24, 2.45) is 0 Å². The Morgan fingerprint density at radius 1 is 0.282 bits per heavy atom. The van der Waals surface area contributed by atoms with Gasteiger partial charge < -0.3 is 14.2 Å². The molecule has 0 spiro atoms. The van der Waals surface area contributed by atoms with E-state index in [1.54, 1.807) is 0 Å². The molecule has 414 valence electrons. The number of rotatable bonds is 57. The van der Waals surface area contributed by atoms with Crippen LogP contribution in [0.25, 0.3) is 0 Å². The molecular weight excluding hydrogens is 877 g/mol. The van der Waals surface area contributed by atoms with Gasteiger partial charge in [0.05, 0.1) is 0 Å². The Morgan fingerprint density at radius 3 is 0.803 bits per heavy atom. The van der Waals surface area contributed by atoms with Gasteiger partial charge in [-0.25, -0.2) is 0 Å². The highest BCUT2D eigenvalue weighted by Gasteiger charge is 2.19. The van der Waals surface area contributed by atoms with E-state index >= 15 is 0 Å². The number of hydrogen-bond acceptors (Lipinski definition) is 6. The maximum Gasteiger partial charge on any atom is 0.306 e. The van der Waals surface area contributed by atoms with Gasteiger partial charge in [-0.2, -0.15) is 0 Å². The number of ether oxygens (including phenoxy) is 3. The summed E-state index contributed by atoms with van der Waals surface area (Å²) in [6, 6.07) is 0. The van der Waals surface area contributed by atoms with E-state index in [0.29, 0.717) is 19.3 Å². The molecule has 0 aliphatic carbocycles. The van der Waals surface area contributed by atoms with Gasteiger partial charge in [0.1, 0.15) is 13.2 Å². The SMILES string of the molecule is CCCCC/C=C\C/C=C\CCCCCCCCCCCC(=O)OC(COC(=O)CCCCCCCCCCC/C=C\C/C=C\CCCCCCC)COC(=O)CCCCCCCCCCCCCCC. The average molecular weight is 996 g/mol. The maximum atomic E-state index is 12.9. The molecule has 0 heterocycles. The van der Waals surface area contributed by atoms with Crippen molar-refractivity contribution in [1.82, 2.24) is 0 Å². The summed E-state index contributed by atoms with van der Waals surface area (Å²) in [6.07, 6.45) is 73.9. The maximum absolute atomic E-state index is 12.9. The Kier molecular flexibility index (Phi) is 57.7. The van der Waals surface area contributed by atoms with Crippen LogP contribution in [-0.4, -0.2) is 37.2 Å². The van der Waals surface area contributed by atoms with Gasteiger partial charge in [-0.05, 0) is 83.5 Å². The van der Waals surface area contributed by atoms with Gasteiger partial charge in [0, 0.05) is 19.3 Å². The summed E-state index contributed by atoms with van der Waals surface area (Å²) in [5, 5.41) is 0. The minimum atomic E-state index is -0.775. The van der Waals surface area contributed by atoms with Crippen molar-refractivity contribution < 1.29 is 28.6 Å². The second-order valence-corrected chi connectivity index (χ2v) is 21.0. The van der Waals surface area contributed by atoms with Crippen molar-refractivity contribution in [3.8, 4) is 0 Å². The lowest BCUT2D eigenvalue weighted by Crippen LogP contribution is -2.30. The molecule has 0 amide bonds. The molecule has 0 fully saturated rings. The predicted octanol–water partition coefficient (Wildman–Crippen LogP) is 21.0. The van der Waals surface area contributed by atoms with E-state index in [-0.39, 0.29) is 31.1 Å². The van der Waals surface area contributed by atoms with Crippen LogP contribution >= 0.6 is 0 Å². The molecule has 6 nitrogen and oxygen atoms in total. The molecule has 0 radical (unpaired) electrons. The number of hydrogen-bond donors (Lipinski definition) is 0. The minimum Gasteiger partial charge on any atom is -0.462 e. The van der Waals surface area contributed by atoms with Gasteiger partial charge in [-0.1, -0.05) is 275 Å². The van der Waals surface area contributed by atoms with E-state index in [1.807, 2.05) is 0 Å². The number of allylic oxidation sites excluding steroid dienone is 8. The highest BCUT2D eigenvalue weighted by atomic mass is 16.6. The lowest BCUT2D eigenvalue weighted by molar-refractivity contribution is -0.167. The first-order valence-corrected chi connectivity index (χ1v) is 31.1. The van der Waals surface area contributed by atoms with Crippen LogP contribution in [0.3, 0.4) is 0 Å². The molecule has 0 saturated carbocycles. The number of carbonyl (C=O) groups is 3. The number of esters is 3. The van der Waals surface area contributed by atoms with Crippen LogP contribution in [0.5, 0.6) is 0 Å². The average Bonchev–Trinajstić information content (AvgIpc) is 3.37. The van der Waals surface area contributed by atoms with E-state index in [2.05, 4.69) is 69.4 Å². The summed E-state index contributed by atoms with van der Waals surface area (Å²) in [4.78, 5) is 38.3. The van der Waals surface area contributed by atoms with Crippen molar-refractivity contribution in [3.63, 3.8) is 0 Å². The molecule has 6 heteroatoms. The zero-order chi connectivity index (χ0) is 51.4. The quantitative estimate of drug-likeness (QED) is 0.0261. The molecule has 0 aromatic carbocycles. The Hall–Kier alpha value is -2.63. The highest BCUT2D eigenvalue weighted by molar-refractivity contribution is 5.71. The van der Waals surface area contributed by atoms with Crippen LogP contribution < -0.4 is 0 Å². The molecule has 71 heavy (non-hydrogen) atoms.